The molecule has 0 amide bonds. The molecule has 1 aromatic carbocycles. The van der Waals surface area contributed by atoms with Gasteiger partial charge >= 0.3 is 0 Å². The standard InChI is InChI=1S/C19H31NO3/c1-6-8-19(9-7-10-19)23-15-11-14(12(2)3)18(21)16(13(4)5)17(15)20-22/h11-13,20-22H,6-10H2,1-5H3. The van der Waals surface area contributed by atoms with Crippen LogP contribution in [0.1, 0.15) is 89.7 Å². The summed E-state index contributed by atoms with van der Waals surface area (Å²) in [4.78, 5) is 0. The molecule has 0 radical (unpaired) electrons. The first-order valence-electron chi connectivity index (χ1n) is 8.84. The van der Waals surface area contributed by atoms with E-state index in [1.807, 2.05) is 19.9 Å². The van der Waals surface area contributed by atoms with Gasteiger partial charge in [0.2, 0.25) is 0 Å². The van der Waals surface area contributed by atoms with Crippen molar-refractivity contribution in [1.82, 2.24) is 0 Å². The predicted octanol–water partition coefficient (Wildman–Crippen LogP) is 5.54. The lowest BCUT2D eigenvalue weighted by atomic mass is 9.76. The lowest BCUT2D eigenvalue weighted by molar-refractivity contribution is -0.0151. The summed E-state index contributed by atoms with van der Waals surface area (Å²) in [6.45, 7) is 10.3. The predicted molar refractivity (Wildman–Crippen MR) is 93.8 cm³/mol. The Bertz CT molecular complexity index is 548. The maximum Gasteiger partial charge on any atom is 0.146 e. The molecule has 0 saturated heterocycles. The first-order valence-corrected chi connectivity index (χ1v) is 8.84. The van der Waals surface area contributed by atoms with E-state index in [9.17, 15) is 10.3 Å². The second-order valence-electron chi connectivity index (χ2n) is 7.41. The number of hydrogen-bond donors (Lipinski definition) is 3. The van der Waals surface area contributed by atoms with Crippen LogP contribution in [-0.2, 0) is 0 Å². The molecule has 1 saturated carbocycles. The van der Waals surface area contributed by atoms with E-state index in [0.29, 0.717) is 11.4 Å². The van der Waals surface area contributed by atoms with E-state index in [1.165, 1.54) is 6.42 Å². The first kappa shape index (κ1) is 17.9. The van der Waals surface area contributed by atoms with Gasteiger partial charge in [0.05, 0.1) is 0 Å². The third kappa shape index (κ3) is 3.42. The van der Waals surface area contributed by atoms with E-state index in [-0.39, 0.29) is 23.2 Å². The number of phenolic OH excluding ortho intramolecular Hbond substituents is 1. The summed E-state index contributed by atoms with van der Waals surface area (Å²) in [5.41, 5.74) is 4.26. The monoisotopic (exact) mass is 321 g/mol. The molecule has 23 heavy (non-hydrogen) atoms. The Morgan fingerprint density at radius 1 is 1.22 bits per heavy atom. The first-order chi connectivity index (χ1) is 10.8. The summed E-state index contributed by atoms with van der Waals surface area (Å²) >= 11 is 0. The maximum absolute atomic E-state index is 10.6. The van der Waals surface area contributed by atoms with Crippen LogP contribution in [0, 0.1) is 0 Å². The van der Waals surface area contributed by atoms with E-state index in [0.717, 1.165) is 36.8 Å². The van der Waals surface area contributed by atoms with Crippen LogP contribution in [0.5, 0.6) is 11.5 Å². The normalized spacial score (nSPS) is 16.5. The molecule has 3 N–H and O–H groups in total. The Morgan fingerprint density at radius 3 is 2.26 bits per heavy atom. The highest BCUT2D eigenvalue weighted by Crippen LogP contribution is 2.48. The third-order valence-corrected chi connectivity index (χ3v) is 4.94. The molecular formula is C19H31NO3. The average molecular weight is 321 g/mol. The summed E-state index contributed by atoms with van der Waals surface area (Å²) in [5.74, 6) is 1.18. The molecule has 0 aliphatic heterocycles. The van der Waals surface area contributed by atoms with Crippen molar-refractivity contribution in [3.8, 4) is 11.5 Å². The fourth-order valence-electron chi connectivity index (χ4n) is 3.55. The Balaban J connectivity index is 2.53. The number of phenols is 1. The summed E-state index contributed by atoms with van der Waals surface area (Å²) in [7, 11) is 0. The van der Waals surface area contributed by atoms with E-state index in [1.54, 1.807) is 0 Å². The molecule has 0 aromatic heterocycles. The maximum atomic E-state index is 10.6. The van der Waals surface area contributed by atoms with Crippen molar-refractivity contribution in [2.24, 2.45) is 0 Å². The van der Waals surface area contributed by atoms with Crippen LogP contribution in [0.3, 0.4) is 0 Å². The van der Waals surface area contributed by atoms with Gasteiger partial charge in [-0.3, -0.25) is 10.7 Å². The largest absolute Gasteiger partial charge is 0.507 e. The number of anilines is 1. The summed E-state index contributed by atoms with van der Waals surface area (Å²) in [6, 6.07) is 1.89. The molecule has 0 unspecified atom stereocenters. The molecule has 130 valence electrons. The lowest BCUT2D eigenvalue weighted by Gasteiger charge is -2.42. The fraction of sp³-hybridized carbons (Fsp3) is 0.684. The van der Waals surface area contributed by atoms with Gasteiger partial charge in [0.25, 0.3) is 0 Å². The van der Waals surface area contributed by atoms with Crippen molar-refractivity contribution >= 4 is 5.69 Å². The Morgan fingerprint density at radius 2 is 1.87 bits per heavy atom. The van der Waals surface area contributed by atoms with Gasteiger partial charge in [-0.05, 0) is 43.6 Å². The third-order valence-electron chi connectivity index (χ3n) is 4.94. The van der Waals surface area contributed by atoms with Gasteiger partial charge in [0.15, 0.2) is 0 Å². The minimum atomic E-state index is -0.111. The summed E-state index contributed by atoms with van der Waals surface area (Å²) in [5, 5.41) is 20.3. The number of benzene rings is 1. The minimum Gasteiger partial charge on any atom is -0.507 e. The Kier molecular flexibility index (Phi) is 5.45. The Hall–Kier alpha value is -1.42. The molecule has 4 heteroatoms. The van der Waals surface area contributed by atoms with Gasteiger partial charge < -0.3 is 9.84 Å². The molecule has 0 spiro atoms. The highest BCUT2D eigenvalue weighted by molar-refractivity contribution is 5.69. The van der Waals surface area contributed by atoms with Crippen molar-refractivity contribution in [2.45, 2.75) is 84.2 Å². The Labute approximate surface area is 139 Å². The smallest absolute Gasteiger partial charge is 0.146 e. The van der Waals surface area contributed by atoms with E-state index < -0.39 is 0 Å². The SMILES string of the molecule is CCCC1(Oc2cc(C(C)C)c(O)c(C(C)C)c2NO)CCC1. The van der Waals surface area contributed by atoms with Crippen molar-refractivity contribution < 1.29 is 15.1 Å². The summed E-state index contributed by atoms with van der Waals surface area (Å²) < 4.78 is 6.40. The molecule has 2 rings (SSSR count). The van der Waals surface area contributed by atoms with Gasteiger partial charge in [-0.25, -0.2) is 0 Å². The lowest BCUT2D eigenvalue weighted by Crippen LogP contribution is -2.43. The van der Waals surface area contributed by atoms with Gasteiger partial charge in [0, 0.05) is 11.1 Å². The highest BCUT2D eigenvalue weighted by atomic mass is 16.5. The van der Waals surface area contributed by atoms with Crippen LogP contribution in [-0.4, -0.2) is 15.9 Å². The number of ether oxygens (including phenoxy) is 1. The van der Waals surface area contributed by atoms with E-state index in [4.69, 9.17) is 4.74 Å². The quantitative estimate of drug-likeness (QED) is 0.577. The number of rotatable bonds is 7. The second-order valence-corrected chi connectivity index (χ2v) is 7.41. The van der Waals surface area contributed by atoms with Crippen molar-refractivity contribution in [3.63, 3.8) is 0 Å². The zero-order valence-electron chi connectivity index (χ0n) is 15.1. The van der Waals surface area contributed by atoms with Crippen LogP contribution < -0.4 is 10.2 Å². The molecule has 1 aliphatic carbocycles. The molecule has 0 heterocycles. The topological polar surface area (TPSA) is 61.7 Å². The van der Waals surface area contributed by atoms with Gasteiger partial charge in [-0.1, -0.05) is 41.0 Å². The van der Waals surface area contributed by atoms with Crippen molar-refractivity contribution in [2.75, 3.05) is 5.48 Å². The van der Waals surface area contributed by atoms with Gasteiger partial charge in [0.1, 0.15) is 22.8 Å². The highest BCUT2D eigenvalue weighted by Gasteiger charge is 2.39. The number of nitrogens with one attached hydrogen (secondary N) is 1. The van der Waals surface area contributed by atoms with E-state index >= 15 is 0 Å². The van der Waals surface area contributed by atoms with Crippen LogP contribution in [0.25, 0.3) is 0 Å². The van der Waals surface area contributed by atoms with Crippen molar-refractivity contribution in [3.05, 3.63) is 17.2 Å². The minimum absolute atomic E-state index is 0.0780. The van der Waals surface area contributed by atoms with Crippen LogP contribution >= 0.6 is 0 Å². The van der Waals surface area contributed by atoms with Crippen LogP contribution in [0.15, 0.2) is 6.07 Å². The molecule has 1 aliphatic rings. The molecule has 0 bridgehead atoms. The van der Waals surface area contributed by atoms with Gasteiger partial charge in [-0.15, -0.1) is 0 Å². The molecule has 1 aromatic rings. The van der Waals surface area contributed by atoms with Crippen LogP contribution in [0.2, 0.25) is 0 Å². The molecule has 1 fully saturated rings. The van der Waals surface area contributed by atoms with Gasteiger partial charge in [-0.2, -0.15) is 0 Å². The van der Waals surface area contributed by atoms with E-state index in [2.05, 4.69) is 26.3 Å². The number of aromatic hydroxyl groups is 1. The molecule has 0 atom stereocenters. The second kappa shape index (κ2) is 7.00. The zero-order chi connectivity index (χ0) is 17.2. The number of hydrogen-bond acceptors (Lipinski definition) is 4. The zero-order valence-corrected chi connectivity index (χ0v) is 15.1. The average Bonchev–Trinajstić information content (AvgIpc) is 2.45. The molecular weight excluding hydrogens is 290 g/mol. The fourth-order valence-corrected chi connectivity index (χ4v) is 3.55. The summed E-state index contributed by atoms with van der Waals surface area (Å²) in [6.07, 6.45) is 5.40. The molecule has 4 nitrogen and oxygen atoms in total. The van der Waals surface area contributed by atoms with Crippen molar-refractivity contribution in [1.29, 1.82) is 0 Å². The van der Waals surface area contributed by atoms with Crippen LogP contribution in [0.4, 0.5) is 5.69 Å².